The Morgan fingerprint density at radius 1 is 1.30 bits per heavy atom. The first-order valence-electron chi connectivity index (χ1n) is 6.55. The van der Waals surface area contributed by atoms with Crippen LogP contribution in [0.4, 0.5) is 0 Å². The lowest BCUT2D eigenvalue weighted by atomic mass is 10.2. The lowest BCUT2D eigenvalue weighted by Gasteiger charge is -2.08. The maximum atomic E-state index is 12.0. The van der Waals surface area contributed by atoms with Crippen LogP contribution in [0.15, 0.2) is 29.2 Å². The Labute approximate surface area is 119 Å². The maximum absolute atomic E-state index is 12.0. The molecule has 0 aromatic heterocycles. The standard InChI is InChI=1S/C13H21N3O3S/c1-2-7-15-13(17)6-8-16-20(18,19)12-5-3-4-11(9-12)10-14/h3-5,9,16H,2,6-8,10,14H2,1H3,(H,15,17). The van der Waals surface area contributed by atoms with E-state index in [0.717, 1.165) is 12.0 Å². The van der Waals surface area contributed by atoms with Gasteiger partial charge in [0.05, 0.1) is 4.90 Å². The van der Waals surface area contributed by atoms with E-state index in [1.54, 1.807) is 12.1 Å². The minimum atomic E-state index is -3.59. The van der Waals surface area contributed by atoms with Crippen LogP contribution >= 0.6 is 0 Å². The smallest absolute Gasteiger partial charge is 0.240 e. The third-order valence-corrected chi connectivity index (χ3v) is 4.12. The van der Waals surface area contributed by atoms with Crippen molar-refractivity contribution in [1.29, 1.82) is 0 Å². The van der Waals surface area contributed by atoms with Gasteiger partial charge in [-0.15, -0.1) is 0 Å². The summed E-state index contributed by atoms with van der Waals surface area (Å²) >= 11 is 0. The minimum absolute atomic E-state index is 0.0741. The summed E-state index contributed by atoms with van der Waals surface area (Å²) in [7, 11) is -3.59. The average molecular weight is 299 g/mol. The molecule has 0 heterocycles. The summed E-state index contributed by atoms with van der Waals surface area (Å²) in [6, 6.07) is 6.43. The molecule has 1 rings (SSSR count). The molecular weight excluding hydrogens is 278 g/mol. The summed E-state index contributed by atoms with van der Waals surface area (Å²) in [6.07, 6.45) is 0.971. The number of hydrogen-bond acceptors (Lipinski definition) is 4. The zero-order valence-corrected chi connectivity index (χ0v) is 12.4. The number of nitrogens with one attached hydrogen (secondary N) is 2. The molecule has 7 heteroatoms. The highest BCUT2D eigenvalue weighted by atomic mass is 32.2. The van der Waals surface area contributed by atoms with Crippen LogP contribution in [-0.2, 0) is 21.4 Å². The van der Waals surface area contributed by atoms with Crippen molar-refractivity contribution in [2.45, 2.75) is 31.2 Å². The van der Waals surface area contributed by atoms with Gasteiger partial charge in [-0.2, -0.15) is 0 Å². The van der Waals surface area contributed by atoms with Crippen LogP contribution in [0.25, 0.3) is 0 Å². The monoisotopic (exact) mass is 299 g/mol. The second kappa shape index (κ2) is 7.98. The van der Waals surface area contributed by atoms with Crippen LogP contribution < -0.4 is 15.8 Å². The third kappa shape index (κ3) is 5.28. The van der Waals surface area contributed by atoms with Crippen molar-refractivity contribution in [3.05, 3.63) is 29.8 Å². The molecular formula is C13H21N3O3S. The molecule has 0 fully saturated rings. The van der Waals surface area contributed by atoms with Crippen molar-refractivity contribution in [2.24, 2.45) is 5.73 Å². The number of sulfonamides is 1. The van der Waals surface area contributed by atoms with Gasteiger partial charge in [-0.05, 0) is 24.1 Å². The van der Waals surface area contributed by atoms with E-state index in [-0.39, 0.29) is 30.3 Å². The SMILES string of the molecule is CCCNC(=O)CCNS(=O)(=O)c1cccc(CN)c1. The van der Waals surface area contributed by atoms with E-state index in [0.29, 0.717) is 6.54 Å². The molecule has 1 amide bonds. The second-order valence-electron chi connectivity index (χ2n) is 4.35. The molecule has 1 aromatic rings. The number of nitrogens with two attached hydrogens (primary N) is 1. The molecule has 0 saturated heterocycles. The predicted molar refractivity (Wildman–Crippen MR) is 77.4 cm³/mol. The van der Waals surface area contributed by atoms with E-state index in [1.807, 2.05) is 6.92 Å². The van der Waals surface area contributed by atoms with E-state index < -0.39 is 10.0 Å². The fourth-order valence-corrected chi connectivity index (χ4v) is 2.68. The summed E-state index contributed by atoms with van der Waals surface area (Å²) in [5, 5.41) is 2.69. The second-order valence-corrected chi connectivity index (χ2v) is 6.12. The third-order valence-electron chi connectivity index (χ3n) is 2.66. The van der Waals surface area contributed by atoms with Gasteiger partial charge in [0.15, 0.2) is 0 Å². The molecule has 112 valence electrons. The molecule has 0 aliphatic carbocycles. The summed E-state index contributed by atoms with van der Waals surface area (Å²) in [4.78, 5) is 11.5. The highest BCUT2D eigenvalue weighted by molar-refractivity contribution is 7.89. The Hall–Kier alpha value is -1.44. The van der Waals surface area contributed by atoms with Crippen LogP contribution in [0.3, 0.4) is 0 Å². The molecule has 0 saturated carbocycles. The number of benzene rings is 1. The summed E-state index contributed by atoms with van der Waals surface area (Å²) in [5.74, 6) is -0.162. The quantitative estimate of drug-likeness (QED) is 0.644. The van der Waals surface area contributed by atoms with Gasteiger partial charge in [0.1, 0.15) is 0 Å². The number of amides is 1. The van der Waals surface area contributed by atoms with Crippen LogP contribution in [-0.4, -0.2) is 27.4 Å². The Bertz CT molecular complexity index is 544. The number of rotatable bonds is 8. The zero-order chi connectivity index (χ0) is 15.0. The Balaban J connectivity index is 2.55. The minimum Gasteiger partial charge on any atom is -0.356 e. The van der Waals surface area contributed by atoms with Gasteiger partial charge in [0.2, 0.25) is 15.9 Å². The summed E-state index contributed by atoms with van der Waals surface area (Å²) in [5.41, 5.74) is 6.22. The van der Waals surface area contributed by atoms with Crippen molar-refractivity contribution >= 4 is 15.9 Å². The van der Waals surface area contributed by atoms with Gasteiger partial charge in [-0.3, -0.25) is 4.79 Å². The fraction of sp³-hybridized carbons (Fsp3) is 0.462. The van der Waals surface area contributed by atoms with Crippen LogP contribution in [0, 0.1) is 0 Å². The topological polar surface area (TPSA) is 101 Å². The first-order valence-corrected chi connectivity index (χ1v) is 8.03. The van der Waals surface area contributed by atoms with Crippen molar-refractivity contribution in [2.75, 3.05) is 13.1 Å². The molecule has 0 aliphatic heterocycles. The van der Waals surface area contributed by atoms with Crippen LogP contribution in [0.5, 0.6) is 0 Å². The summed E-state index contributed by atoms with van der Waals surface area (Å²) in [6.45, 7) is 2.91. The Kier molecular flexibility index (Phi) is 6.63. The first-order chi connectivity index (χ1) is 9.49. The van der Waals surface area contributed by atoms with E-state index in [1.165, 1.54) is 12.1 Å². The van der Waals surface area contributed by atoms with Crippen LogP contribution in [0.2, 0.25) is 0 Å². The average Bonchev–Trinajstić information content (AvgIpc) is 2.45. The van der Waals surface area contributed by atoms with Crippen molar-refractivity contribution in [3.63, 3.8) is 0 Å². The molecule has 4 N–H and O–H groups in total. The van der Waals surface area contributed by atoms with Crippen LogP contribution in [0.1, 0.15) is 25.3 Å². The number of carbonyl (C=O) groups is 1. The highest BCUT2D eigenvalue weighted by Crippen LogP contribution is 2.10. The molecule has 0 radical (unpaired) electrons. The maximum Gasteiger partial charge on any atom is 0.240 e. The zero-order valence-electron chi connectivity index (χ0n) is 11.6. The molecule has 20 heavy (non-hydrogen) atoms. The largest absolute Gasteiger partial charge is 0.356 e. The van der Waals surface area contributed by atoms with Gasteiger partial charge in [-0.1, -0.05) is 19.1 Å². The number of hydrogen-bond donors (Lipinski definition) is 3. The van der Waals surface area contributed by atoms with E-state index >= 15 is 0 Å². The predicted octanol–water partition coefficient (Wildman–Crippen LogP) is 0.340. The van der Waals surface area contributed by atoms with Crippen molar-refractivity contribution < 1.29 is 13.2 Å². The van der Waals surface area contributed by atoms with E-state index in [2.05, 4.69) is 10.0 Å². The van der Waals surface area contributed by atoms with E-state index in [4.69, 9.17) is 5.73 Å². The lowest BCUT2D eigenvalue weighted by Crippen LogP contribution is -2.31. The van der Waals surface area contributed by atoms with E-state index in [9.17, 15) is 13.2 Å². The molecule has 0 bridgehead atoms. The van der Waals surface area contributed by atoms with Gasteiger partial charge >= 0.3 is 0 Å². The van der Waals surface area contributed by atoms with Gasteiger partial charge < -0.3 is 11.1 Å². The van der Waals surface area contributed by atoms with Gasteiger partial charge in [-0.25, -0.2) is 13.1 Å². The summed E-state index contributed by atoms with van der Waals surface area (Å²) < 4.78 is 26.4. The number of carbonyl (C=O) groups excluding carboxylic acids is 1. The van der Waals surface area contributed by atoms with Gasteiger partial charge in [0, 0.05) is 26.1 Å². The Morgan fingerprint density at radius 2 is 2.05 bits per heavy atom. The fourth-order valence-electron chi connectivity index (χ4n) is 1.57. The van der Waals surface area contributed by atoms with Gasteiger partial charge in [0.25, 0.3) is 0 Å². The molecule has 0 atom stereocenters. The Morgan fingerprint density at radius 3 is 2.70 bits per heavy atom. The molecule has 6 nitrogen and oxygen atoms in total. The molecule has 1 aromatic carbocycles. The molecule has 0 unspecified atom stereocenters. The highest BCUT2D eigenvalue weighted by Gasteiger charge is 2.14. The normalized spacial score (nSPS) is 11.3. The molecule has 0 aliphatic rings. The lowest BCUT2D eigenvalue weighted by molar-refractivity contribution is -0.120. The van der Waals surface area contributed by atoms with Crippen molar-refractivity contribution in [1.82, 2.24) is 10.0 Å². The first kappa shape index (κ1) is 16.6. The van der Waals surface area contributed by atoms with Crippen molar-refractivity contribution in [3.8, 4) is 0 Å². The molecule has 0 spiro atoms.